The molecule has 4 heteroatoms. The standard InChI is InChI=1S/C22H15ClN2O/c23-17-10-6-7-15(13-17)14-18(21(26)16-8-2-1-3-9-16)22-24-19-11-4-5-12-20(19)25-22/h1-14H,(H,24,25). The molecule has 3 aromatic carbocycles. The number of carbonyl (C=O) groups excluding carboxylic acids is 1. The SMILES string of the molecule is O=C(C(=Cc1cccc(Cl)c1)c1nc2ccccc2[nH]1)c1ccccc1. The molecular weight excluding hydrogens is 344 g/mol. The summed E-state index contributed by atoms with van der Waals surface area (Å²) >= 11 is 6.10. The van der Waals surface area contributed by atoms with Crippen LogP contribution in [0, 0.1) is 0 Å². The number of ketones is 1. The number of nitrogens with one attached hydrogen (secondary N) is 1. The molecule has 1 aromatic heterocycles. The molecule has 126 valence electrons. The number of rotatable bonds is 4. The van der Waals surface area contributed by atoms with Gasteiger partial charge in [0.05, 0.1) is 16.6 Å². The molecule has 0 aliphatic carbocycles. The fourth-order valence-corrected chi connectivity index (χ4v) is 3.03. The lowest BCUT2D eigenvalue weighted by molar-refractivity contribution is 0.105. The number of aromatic amines is 1. The molecule has 0 unspecified atom stereocenters. The van der Waals surface area contributed by atoms with Crippen LogP contribution in [0.1, 0.15) is 21.7 Å². The van der Waals surface area contributed by atoms with Gasteiger partial charge < -0.3 is 4.98 Å². The monoisotopic (exact) mass is 358 g/mol. The Morgan fingerprint density at radius 3 is 2.46 bits per heavy atom. The highest BCUT2D eigenvalue weighted by atomic mass is 35.5. The first-order valence-corrected chi connectivity index (χ1v) is 8.61. The van der Waals surface area contributed by atoms with Crippen molar-refractivity contribution < 1.29 is 4.79 Å². The van der Waals surface area contributed by atoms with Crippen molar-refractivity contribution in [2.45, 2.75) is 0 Å². The van der Waals surface area contributed by atoms with E-state index in [0.717, 1.165) is 16.6 Å². The molecule has 0 saturated heterocycles. The summed E-state index contributed by atoms with van der Waals surface area (Å²) in [4.78, 5) is 21.0. The zero-order chi connectivity index (χ0) is 17.9. The van der Waals surface area contributed by atoms with E-state index in [4.69, 9.17) is 11.6 Å². The second-order valence-electron chi connectivity index (χ2n) is 5.91. The van der Waals surface area contributed by atoms with Crippen molar-refractivity contribution >= 4 is 40.1 Å². The Kier molecular flexibility index (Phi) is 4.38. The first-order valence-electron chi connectivity index (χ1n) is 8.23. The minimum atomic E-state index is -0.0929. The maximum absolute atomic E-state index is 13.2. The third-order valence-electron chi connectivity index (χ3n) is 4.08. The highest BCUT2D eigenvalue weighted by molar-refractivity contribution is 6.32. The molecule has 0 saturated carbocycles. The Labute approximate surface area is 156 Å². The zero-order valence-electron chi connectivity index (χ0n) is 13.8. The highest BCUT2D eigenvalue weighted by Crippen LogP contribution is 2.24. The van der Waals surface area contributed by atoms with Gasteiger partial charge in [0.25, 0.3) is 0 Å². The fourth-order valence-electron chi connectivity index (χ4n) is 2.83. The summed E-state index contributed by atoms with van der Waals surface area (Å²) in [7, 11) is 0. The number of carbonyl (C=O) groups is 1. The van der Waals surface area contributed by atoms with Crippen LogP contribution in [-0.4, -0.2) is 15.8 Å². The minimum absolute atomic E-state index is 0.0929. The minimum Gasteiger partial charge on any atom is -0.338 e. The van der Waals surface area contributed by atoms with Crippen LogP contribution in [0.25, 0.3) is 22.7 Å². The van der Waals surface area contributed by atoms with Crippen LogP contribution in [0.2, 0.25) is 5.02 Å². The van der Waals surface area contributed by atoms with Crippen LogP contribution in [0.3, 0.4) is 0 Å². The van der Waals surface area contributed by atoms with Gasteiger partial charge in [-0.1, -0.05) is 66.2 Å². The van der Waals surface area contributed by atoms with Gasteiger partial charge >= 0.3 is 0 Å². The van der Waals surface area contributed by atoms with E-state index in [9.17, 15) is 4.79 Å². The molecular formula is C22H15ClN2O. The van der Waals surface area contributed by atoms with Gasteiger partial charge in [0.15, 0.2) is 5.78 Å². The summed E-state index contributed by atoms with van der Waals surface area (Å²) in [6, 6.07) is 24.3. The molecule has 1 N–H and O–H groups in total. The number of allylic oxidation sites excluding steroid dienone is 1. The summed E-state index contributed by atoms with van der Waals surface area (Å²) < 4.78 is 0. The zero-order valence-corrected chi connectivity index (χ0v) is 14.6. The molecule has 26 heavy (non-hydrogen) atoms. The number of nitrogens with zero attached hydrogens (tertiary/aromatic N) is 1. The van der Waals surface area contributed by atoms with E-state index in [1.54, 1.807) is 18.2 Å². The maximum atomic E-state index is 13.2. The van der Waals surface area contributed by atoms with Crippen LogP contribution < -0.4 is 0 Å². The van der Waals surface area contributed by atoms with E-state index in [0.29, 0.717) is 22.0 Å². The molecule has 0 amide bonds. The van der Waals surface area contributed by atoms with E-state index in [2.05, 4.69) is 9.97 Å². The Morgan fingerprint density at radius 1 is 0.923 bits per heavy atom. The third kappa shape index (κ3) is 3.30. The van der Waals surface area contributed by atoms with Crippen molar-refractivity contribution in [2.24, 2.45) is 0 Å². The molecule has 0 atom stereocenters. The molecule has 4 aromatic rings. The van der Waals surface area contributed by atoms with Crippen molar-refractivity contribution in [1.82, 2.24) is 9.97 Å². The number of H-pyrrole nitrogens is 1. The average Bonchev–Trinajstić information content (AvgIpc) is 3.10. The molecule has 4 rings (SSSR count). The topological polar surface area (TPSA) is 45.8 Å². The van der Waals surface area contributed by atoms with Gasteiger partial charge in [0.2, 0.25) is 0 Å². The number of benzene rings is 3. The number of para-hydroxylation sites is 2. The molecule has 3 nitrogen and oxygen atoms in total. The first-order chi connectivity index (χ1) is 12.7. The number of hydrogen-bond donors (Lipinski definition) is 1. The lowest BCUT2D eigenvalue weighted by Crippen LogP contribution is -2.04. The number of imidazole rings is 1. The van der Waals surface area contributed by atoms with Crippen molar-refractivity contribution in [3.05, 3.63) is 101 Å². The average molecular weight is 359 g/mol. The number of hydrogen-bond acceptors (Lipinski definition) is 2. The second-order valence-corrected chi connectivity index (χ2v) is 6.35. The molecule has 1 heterocycles. The van der Waals surface area contributed by atoms with Gasteiger partial charge in [-0.25, -0.2) is 4.98 Å². The third-order valence-corrected chi connectivity index (χ3v) is 4.32. The predicted octanol–water partition coefficient (Wildman–Crippen LogP) is 5.64. The highest BCUT2D eigenvalue weighted by Gasteiger charge is 2.18. The van der Waals surface area contributed by atoms with Crippen LogP contribution in [0.15, 0.2) is 78.9 Å². The van der Waals surface area contributed by atoms with Crippen LogP contribution in [-0.2, 0) is 0 Å². The van der Waals surface area contributed by atoms with Gasteiger partial charge in [-0.3, -0.25) is 4.79 Å². The van der Waals surface area contributed by atoms with Crippen LogP contribution >= 0.6 is 11.6 Å². The molecule has 0 bridgehead atoms. The molecule has 0 spiro atoms. The largest absolute Gasteiger partial charge is 0.338 e. The normalized spacial score (nSPS) is 11.7. The van der Waals surface area contributed by atoms with E-state index in [1.807, 2.05) is 66.7 Å². The summed E-state index contributed by atoms with van der Waals surface area (Å²) in [5, 5.41) is 0.620. The van der Waals surface area contributed by atoms with Gasteiger partial charge in [-0.2, -0.15) is 0 Å². The van der Waals surface area contributed by atoms with E-state index < -0.39 is 0 Å². The summed E-state index contributed by atoms with van der Waals surface area (Å²) in [6.07, 6.45) is 1.82. The summed E-state index contributed by atoms with van der Waals surface area (Å²) in [5.41, 5.74) is 3.66. The number of fused-ring (bicyclic) bond motifs is 1. The van der Waals surface area contributed by atoms with Crippen molar-refractivity contribution in [3.63, 3.8) is 0 Å². The number of halogens is 1. The predicted molar refractivity (Wildman–Crippen MR) is 106 cm³/mol. The van der Waals surface area contributed by atoms with E-state index >= 15 is 0 Å². The molecule has 0 aliphatic rings. The lowest BCUT2D eigenvalue weighted by Gasteiger charge is -2.05. The lowest BCUT2D eigenvalue weighted by atomic mass is 10.0. The second kappa shape index (κ2) is 6.98. The van der Waals surface area contributed by atoms with Crippen molar-refractivity contribution in [3.8, 4) is 0 Å². The fraction of sp³-hybridized carbons (Fsp3) is 0. The Hall–Kier alpha value is -3.17. The Bertz CT molecular complexity index is 1080. The Balaban J connectivity index is 1.87. The summed E-state index contributed by atoms with van der Waals surface area (Å²) in [6.45, 7) is 0. The number of aromatic nitrogens is 2. The molecule has 0 radical (unpaired) electrons. The molecule has 0 fully saturated rings. The summed E-state index contributed by atoms with van der Waals surface area (Å²) in [5.74, 6) is 0.449. The Morgan fingerprint density at radius 2 is 1.69 bits per heavy atom. The van der Waals surface area contributed by atoms with Gasteiger partial charge in [0, 0.05) is 10.6 Å². The molecule has 0 aliphatic heterocycles. The van der Waals surface area contributed by atoms with E-state index in [-0.39, 0.29) is 5.78 Å². The van der Waals surface area contributed by atoms with E-state index in [1.165, 1.54) is 0 Å². The van der Waals surface area contributed by atoms with Crippen molar-refractivity contribution in [1.29, 1.82) is 0 Å². The van der Waals surface area contributed by atoms with Gasteiger partial charge in [-0.15, -0.1) is 0 Å². The van der Waals surface area contributed by atoms with Gasteiger partial charge in [-0.05, 0) is 35.9 Å². The smallest absolute Gasteiger partial charge is 0.196 e. The van der Waals surface area contributed by atoms with Crippen LogP contribution in [0.5, 0.6) is 0 Å². The number of Topliss-reactive ketones (excluding diaryl/α,β-unsaturated/α-hetero) is 1. The van der Waals surface area contributed by atoms with Gasteiger partial charge in [0.1, 0.15) is 5.82 Å². The maximum Gasteiger partial charge on any atom is 0.196 e. The van der Waals surface area contributed by atoms with Crippen LogP contribution in [0.4, 0.5) is 0 Å². The quantitative estimate of drug-likeness (QED) is 0.379. The van der Waals surface area contributed by atoms with Crippen molar-refractivity contribution in [2.75, 3.05) is 0 Å². The first kappa shape index (κ1) is 16.3.